The highest BCUT2D eigenvalue weighted by atomic mass is 16.7. The van der Waals surface area contributed by atoms with E-state index in [0.29, 0.717) is 0 Å². The molecule has 3 nitrogen and oxygen atoms in total. The minimum atomic E-state index is 0.132. The molecule has 0 aromatic carbocycles. The average molecular weight is 199 g/mol. The number of rotatable bonds is 4. The first kappa shape index (κ1) is 11.5. The SMILES string of the molecule is CON(C)C(=O)[C@H]1C[C@@H](CC(C)C)C1. The Kier molecular flexibility index (Phi) is 3.93. The molecule has 0 spiro atoms. The Morgan fingerprint density at radius 2 is 2.07 bits per heavy atom. The number of hydrogen-bond acceptors (Lipinski definition) is 2. The lowest BCUT2D eigenvalue weighted by molar-refractivity contribution is -0.178. The van der Waals surface area contributed by atoms with Crippen molar-refractivity contribution >= 4 is 5.91 Å². The molecule has 1 fully saturated rings. The summed E-state index contributed by atoms with van der Waals surface area (Å²) in [5.74, 6) is 1.85. The van der Waals surface area contributed by atoms with Crippen molar-refractivity contribution < 1.29 is 9.63 Å². The van der Waals surface area contributed by atoms with Gasteiger partial charge in [0.15, 0.2) is 0 Å². The van der Waals surface area contributed by atoms with Gasteiger partial charge in [-0.2, -0.15) is 0 Å². The van der Waals surface area contributed by atoms with Gasteiger partial charge in [0.1, 0.15) is 0 Å². The van der Waals surface area contributed by atoms with Crippen molar-refractivity contribution in [2.24, 2.45) is 17.8 Å². The average Bonchev–Trinajstić information content (AvgIpc) is 2.07. The van der Waals surface area contributed by atoms with Crippen LogP contribution in [0.25, 0.3) is 0 Å². The molecular formula is C11H21NO2. The molecule has 0 N–H and O–H groups in total. The molecular weight excluding hydrogens is 178 g/mol. The van der Waals surface area contributed by atoms with Crippen LogP contribution in [0.1, 0.15) is 33.1 Å². The van der Waals surface area contributed by atoms with Crippen molar-refractivity contribution in [2.75, 3.05) is 14.2 Å². The minimum Gasteiger partial charge on any atom is -0.275 e. The van der Waals surface area contributed by atoms with E-state index < -0.39 is 0 Å². The second-order valence-electron chi connectivity index (χ2n) is 4.68. The second-order valence-corrected chi connectivity index (χ2v) is 4.68. The van der Waals surface area contributed by atoms with E-state index in [-0.39, 0.29) is 11.8 Å². The predicted molar refractivity (Wildman–Crippen MR) is 55.4 cm³/mol. The summed E-state index contributed by atoms with van der Waals surface area (Å²) in [5, 5.41) is 1.34. The maximum Gasteiger partial charge on any atom is 0.248 e. The van der Waals surface area contributed by atoms with Crippen LogP contribution in [0.2, 0.25) is 0 Å². The van der Waals surface area contributed by atoms with E-state index in [1.165, 1.54) is 18.6 Å². The molecule has 0 aromatic rings. The van der Waals surface area contributed by atoms with Crippen molar-refractivity contribution in [3.63, 3.8) is 0 Å². The van der Waals surface area contributed by atoms with E-state index in [9.17, 15) is 4.79 Å². The Morgan fingerprint density at radius 3 is 2.50 bits per heavy atom. The van der Waals surface area contributed by atoms with Gasteiger partial charge in [0, 0.05) is 13.0 Å². The predicted octanol–water partition coefficient (Wildman–Crippen LogP) is 2.08. The van der Waals surface area contributed by atoms with Crippen molar-refractivity contribution in [1.29, 1.82) is 0 Å². The molecule has 0 radical (unpaired) electrons. The molecule has 0 unspecified atom stereocenters. The molecule has 1 rings (SSSR count). The van der Waals surface area contributed by atoms with E-state index in [0.717, 1.165) is 24.7 Å². The van der Waals surface area contributed by atoms with Gasteiger partial charge in [0.2, 0.25) is 5.91 Å². The van der Waals surface area contributed by atoms with Gasteiger partial charge in [0.05, 0.1) is 7.11 Å². The third kappa shape index (κ3) is 2.71. The molecule has 0 saturated heterocycles. The van der Waals surface area contributed by atoms with Crippen LogP contribution in [-0.2, 0) is 9.63 Å². The molecule has 0 aliphatic heterocycles. The van der Waals surface area contributed by atoms with E-state index in [4.69, 9.17) is 4.84 Å². The molecule has 82 valence electrons. The topological polar surface area (TPSA) is 29.5 Å². The highest BCUT2D eigenvalue weighted by Crippen LogP contribution is 2.38. The molecule has 0 heterocycles. The number of hydrogen-bond donors (Lipinski definition) is 0. The molecule has 1 aliphatic rings. The highest BCUT2D eigenvalue weighted by molar-refractivity contribution is 5.78. The zero-order valence-electron chi connectivity index (χ0n) is 9.62. The highest BCUT2D eigenvalue weighted by Gasteiger charge is 2.36. The fourth-order valence-corrected chi connectivity index (χ4v) is 2.14. The number of carbonyl (C=O) groups excluding carboxylic acids is 1. The third-order valence-electron chi connectivity index (χ3n) is 2.97. The Morgan fingerprint density at radius 1 is 1.50 bits per heavy atom. The van der Waals surface area contributed by atoms with Crippen LogP contribution in [0.4, 0.5) is 0 Å². The summed E-state index contributed by atoms with van der Waals surface area (Å²) in [4.78, 5) is 16.5. The Labute approximate surface area is 86.4 Å². The lowest BCUT2D eigenvalue weighted by Gasteiger charge is -2.36. The molecule has 1 amide bonds. The minimum absolute atomic E-state index is 0.132. The Bertz CT molecular complexity index is 197. The Balaban J connectivity index is 2.24. The summed E-state index contributed by atoms with van der Waals surface area (Å²) in [6.07, 6.45) is 3.34. The van der Waals surface area contributed by atoms with Crippen molar-refractivity contribution in [2.45, 2.75) is 33.1 Å². The first-order valence-corrected chi connectivity index (χ1v) is 5.36. The molecule has 3 heteroatoms. The van der Waals surface area contributed by atoms with Gasteiger partial charge < -0.3 is 0 Å². The molecule has 1 saturated carbocycles. The smallest absolute Gasteiger partial charge is 0.248 e. The second kappa shape index (κ2) is 4.78. The normalized spacial score (nSPS) is 26.1. The largest absolute Gasteiger partial charge is 0.275 e. The quantitative estimate of drug-likeness (QED) is 0.649. The Hall–Kier alpha value is -0.570. The van der Waals surface area contributed by atoms with Crippen LogP contribution < -0.4 is 0 Å². The number of hydroxylamine groups is 2. The third-order valence-corrected chi connectivity index (χ3v) is 2.97. The van der Waals surface area contributed by atoms with Gasteiger partial charge in [-0.3, -0.25) is 9.63 Å². The van der Waals surface area contributed by atoms with Crippen molar-refractivity contribution in [3.05, 3.63) is 0 Å². The van der Waals surface area contributed by atoms with Gasteiger partial charge in [-0.05, 0) is 31.1 Å². The van der Waals surface area contributed by atoms with Crippen LogP contribution in [0.3, 0.4) is 0 Å². The van der Waals surface area contributed by atoms with Crippen LogP contribution in [0.15, 0.2) is 0 Å². The standard InChI is InChI=1S/C11H21NO2/c1-8(2)5-9-6-10(7-9)11(13)12(3)14-4/h8-10H,5-7H2,1-4H3/t9-,10+. The summed E-state index contributed by atoms with van der Waals surface area (Å²) in [5.41, 5.74) is 0. The van der Waals surface area contributed by atoms with Crippen LogP contribution in [0, 0.1) is 17.8 Å². The maximum absolute atomic E-state index is 11.6. The van der Waals surface area contributed by atoms with Crippen LogP contribution in [0.5, 0.6) is 0 Å². The molecule has 1 aliphatic carbocycles. The van der Waals surface area contributed by atoms with Gasteiger partial charge >= 0.3 is 0 Å². The fourth-order valence-electron chi connectivity index (χ4n) is 2.14. The molecule has 0 atom stereocenters. The van der Waals surface area contributed by atoms with E-state index >= 15 is 0 Å². The molecule has 0 bridgehead atoms. The zero-order valence-corrected chi connectivity index (χ0v) is 9.62. The van der Waals surface area contributed by atoms with Gasteiger partial charge in [-0.15, -0.1) is 0 Å². The fraction of sp³-hybridized carbons (Fsp3) is 0.909. The zero-order chi connectivity index (χ0) is 10.7. The summed E-state index contributed by atoms with van der Waals surface area (Å²) in [7, 11) is 3.21. The monoisotopic (exact) mass is 199 g/mol. The first-order valence-electron chi connectivity index (χ1n) is 5.36. The van der Waals surface area contributed by atoms with E-state index in [1.807, 2.05) is 0 Å². The number of amides is 1. The first-order chi connectivity index (χ1) is 6.54. The lowest BCUT2D eigenvalue weighted by atomic mass is 9.71. The van der Waals surface area contributed by atoms with Gasteiger partial charge in [0.25, 0.3) is 0 Å². The lowest BCUT2D eigenvalue weighted by Crippen LogP contribution is -2.39. The van der Waals surface area contributed by atoms with Gasteiger partial charge in [-0.25, -0.2) is 5.06 Å². The summed E-state index contributed by atoms with van der Waals surface area (Å²) in [6.45, 7) is 4.47. The maximum atomic E-state index is 11.6. The summed E-state index contributed by atoms with van der Waals surface area (Å²) < 4.78 is 0. The van der Waals surface area contributed by atoms with Crippen LogP contribution >= 0.6 is 0 Å². The van der Waals surface area contributed by atoms with Gasteiger partial charge in [-0.1, -0.05) is 13.8 Å². The van der Waals surface area contributed by atoms with Crippen molar-refractivity contribution in [3.8, 4) is 0 Å². The summed E-state index contributed by atoms with van der Waals surface area (Å²) in [6, 6.07) is 0. The number of carbonyl (C=O) groups is 1. The van der Waals surface area contributed by atoms with Crippen LogP contribution in [-0.4, -0.2) is 25.1 Å². The molecule has 14 heavy (non-hydrogen) atoms. The van der Waals surface area contributed by atoms with E-state index in [2.05, 4.69) is 13.8 Å². The summed E-state index contributed by atoms with van der Waals surface area (Å²) >= 11 is 0. The number of nitrogens with zero attached hydrogens (tertiary/aromatic N) is 1. The van der Waals surface area contributed by atoms with Crippen molar-refractivity contribution in [1.82, 2.24) is 5.06 Å². The van der Waals surface area contributed by atoms with E-state index in [1.54, 1.807) is 7.05 Å². The molecule has 0 aromatic heterocycles.